The molecule has 0 bridgehead atoms. The maximum Gasteiger partial charge on any atom is 0.247 e. The standard InChI is InChI=1S/C14H17FN2O2/c1-8(2)13-14(19)16-7-12(18)17(13)11-5-4-9(3)6-10(11)15/h4-6,8,13H,7H2,1-3H3,(H,16,19). The van der Waals surface area contributed by atoms with Crippen LogP contribution >= 0.6 is 0 Å². The van der Waals surface area contributed by atoms with Crippen LogP contribution in [0.2, 0.25) is 0 Å². The maximum absolute atomic E-state index is 14.0. The van der Waals surface area contributed by atoms with Crippen molar-refractivity contribution in [2.75, 3.05) is 11.4 Å². The van der Waals surface area contributed by atoms with Crippen LogP contribution in [-0.4, -0.2) is 24.4 Å². The summed E-state index contributed by atoms with van der Waals surface area (Å²) in [5.41, 5.74) is 0.945. The van der Waals surface area contributed by atoms with E-state index in [2.05, 4.69) is 5.32 Å². The Bertz CT molecular complexity index is 528. The van der Waals surface area contributed by atoms with Gasteiger partial charge in [0.2, 0.25) is 11.8 Å². The topological polar surface area (TPSA) is 49.4 Å². The first-order valence-electron chi connectivity index (χ1n) is 6.27. The van der Waals surface area contributed by atoms with Gasteiger partial charge in [-0.05, 0) is 30.5 Å². The van der Waals surface area contributed by atoms with E-state index in [4.69, 9.17) is 0 Å². The minimum atomic E-state index is -0.668. The van der Waals surface area contributed by atoms with Crippen LogP contribution < -0.4 is 10.2 Å². The fraction of sp³-hybridized carbons (Fsp3) is 0.429. The molecular formula is C14H17FN2O2. The number of nitrogens with one attached hydrogen (secondary N) is 1. The number of carbonyl (C=O) groups is 2. The molecule has 0 saturated carbocycles. The highest BCUT2D eigenvalue weighted by molar-refractivity contribution is 6.06. The van der Waals surface area contributed by atoms with Gasteiger partial charge in [0, 0.05) is 0 Å². The zero-order valence-electron chi connectivity index (χ0n) is 11.2. The second-order valence-corrected chi connectivity index (χ2v) is 5.13. The molecule has 5 heteroatoms. The molecule has 0 spiro atoms. The largest absolute Gasteiger partial charge is 0.345 e. The molecule has 1 aromatic carbocycles. The van der Waals surface area contributed by atoms with E-state index in [9.17, 15) is 14.0 Å². The molecule has 2 amide bonds. The number of anilines is 1. The van der Waals surface area contributed by atoms with Gasteiger partial charge in [-0.15, -0.1) is 0 Å². The monoisotopic (exact) mass is 264 g/mol. The third-order valence-electron chi connectivity index (χ3n) is 3.22. The zero-order valence-corrected chi connectivity index (χ0v) is 11.2. The van der Waals surface area contributed by atoms with Crippen molar-refractivity contribution in [3.63, 3.8) is 0 Å². The zero-order chi connectivity index (χ0) is 14.2. The van der Waals surface area contributed by atoms with Crippen molar-refractivity contribution < 1.29 is 14.0 Å². The number of benzene rings is 1. The molecule has 1 fully saturated rings. The predicted molar refractivity (Wildman–Crippen MR) is 70.3 cm³/mol. The van der Waals surface area contributed by atoms with Crippen molar-refractivity contribution in [1.29, 1.82) is 0 Å². The molecule has 1 atom stereocenters. The molecule has 0 aromatic heterocycles. The summed E-state index contributed by atoms with van der Waals surface area (Å²) in [4.78, 5) is 25.2. The minimum absolute atomic E-state index is 0.0879. The third-order valence-corrected chi connectivity index (χ3v) is 3.22. The highest BCUT2D eigenvalue weighted by Gasteiger charge is 2.38. The average Bonchev–Trinajstić information content (AvgIpc) is 2.32. The molecule has 1 unspecified atom stereocenters. The number of piperazine rings is 1. The summed E-state index contributed by atoms with van der Waals surface area (Å²) in [5, 5.41) is 2.54. The molecule has 102 valence electrons. The number of rotatable bonds is 2. The van der Waals surface area contributed by atoms with E-state index >= 15 is 0 Å². The van der Waals surface area contributed by atoms with Crippen molar-refractivity contribution in [3.8, 4) is 0 Å². The summed E-state index contributed by atoms with van der Waals surface area (Å²) in [5.74, 6) is -1.10. The predicted octanol–water partition coefficient (Wildman–Crippen LogP) is 1.62. The molecular weight excluding hydrogens is 247 g/mol. The molecule has 1 aliphatic rings. The van der Waals surface area contributed by atoms with Crippen molar-refractivity contribution in [3.05, 3.63) is 29.6 Å². The van der Waals surface area contributed by atoms with Crippen LogP contribution in [0.5, 0.6) is 0 Å². The van der Waals surface area contributed by atoms with Gasteiger partial charge >= 0.3 is 0 Å². The normalized spacial score (nSPS) is 19.8. The second kappa shape index (κ2) is 4.99. The summed E-state index contributed by atoms with van der Waals surface area (Å²) in [6, 6.07) is 3.98. The number of nitrogens with zero attached hydrogens (tertiary/aromatic N) is 1. The fourth-order valence-corrected chi connectivity index (χ4v) is 2.32. The highest BCUT2D eigenvalue weighted by atomic mass is 19.1. The highest BCUT2D eigenvalue weighted by Crippen LogP contribution is 2.27. The van der Waals surface area contributed by atoms with Crippen LogP contribution in [0, 0.1) is 18.7 Å². The van der Waals surface area contributed by atoms with Gasteiger partial charge in [0.1, 0.15) is 11.9 Å². The lowest BCUT2D eigenvalue weighted by atomic mass is 9.98. The number of carbonyl (C=O) groups excluding carboxylic acids is 2. The Balaban J connectivity index is 2.48. The first-order chi connectivity index (χ1) is 8.91. The van der Waals surface area contributed by atoms with Crippen LogP contribution in [0.15, 0.2) is 18.2 Å². The molecule has 0 aliphatic carbocycles. The summed E-state index contributed by atoms with van der Waals surface area (Å²) in [7, 11) is 0. The van der Waals surface area contributed by atoms with Gasteiger partial charge < -0.3 is 5.32 Å². The lowest BCUT2D eigenvalue weighted by molar-refractivity contribution is -0.131. The molecule has 2 rings (SSSR count). The van der Waals surface area contributed by atoms with E-state index < -0.39 is 11.9 Å². The molecule has 1 aliphatic heterocycles. The van der Waals surface area contributed by atoms with Gasteiger partial charge in [-0.25, -0.2) is 4.39 Å². The number of aryl methyl sites for hydroxylation is 1. The quantitative estimate of drug-likeness (QED) is 0.882. The molecule has 1 saturated heterocycles. The Morgan fingerprint density at radius 1 is 1.37 bits per heavy atom. The number of halogens is 1. The van der Waals surface area contributed by atoms with Gasteiger partial charge in [-0.2, -0.15) is 0 Å². The first-order valence-corrected chi connectivity index (χ1v) is 6.27. The summed E-state index contributed by atoms with van der Waals surface area (Å²) >= 11 is 0. The van der Waals surface area contributed by atoms with Gasteiger partial charge in [0.05, 0.1) is 12.2 Å². The first kappa shape index (κ1) is 13.5. The van der Waals surface area contributed by atoms with Gasteiger partial charge in [0.25, 0.3) is 0 Å². The molecule has 1 heterocycles. The lowest BCUT2D eigenvalue weighted by Crippen LogP contribution is -2.60. The Kier molecular flexibility index (Phi) is 3.55. The summed E-state index contributed by atoms with van der Waals surface area (Å²) in [6.45, 7) is 5.36. The summed E-state index contributed by atoms with van der Waals surface area (Å²) < 4.78 is 14.0. The SMILES string of the molecule is Cc1ccc(N2C(=O)CNC(=O)C2C(C)C)c(F)c1. The maximum atomic E-state index is 14.0. The molecule has 4 nitrogen and oxygen atoms in total. The van der Waals surface area contributed by atoms with Crippen molar-refractivity contribution in [2.45, 2.75) is 26.8 Å². The van der Waals surface area contributed by atoms with Gasteiger partial charge in [-0.3, -0.25) is 14.5 Å². The van der Waals surface area contributed by atoms with Crippen LogP contribution in [-0.2, 0) is 9.59 Å². The Hall–Kier alpha value is -1.91. The number of hydrogen-bond donors (Lipinski definition) is 1. The van der Waals surface area contributed by atoms with E-state index in [1.165, 1.54) is 11.0 Å². The molecule has 1 aromatic rings. The Labute approximate surface area is 111 Å². The number of hydrogen-bond acceptors (Lipinski definition) is 2. The van der Waals surface area contributed by atoms with E-state index in [0.29, 0.717) is 0 Å². The van der Waals surface area contributed by atoms with Crippen molar-refractivity contribution in [2.24, 2.45) is 5.92 Å². The Morgan fingerprint density at radius 3 is 2.63 bits per heavy atom. The molecule has 0 radical (unpaired) electrons. The Morgan fingerprint density at radius 2 is 2.05 bits per heavy atom. The smallest absolute Gasteiger partial charge is 0.247 e. The van der Waals surface area contributed by atoms with Crippen LogP contribution in [0.25, 0.3) is 0 Å². The second-order valence-electron chi connectivity index (χ2n) is 5.13. The van der Waals surface area contributed by atoms with E-state index in [-0.39, 0.29) is 30.0 Å². The lowest BCUT2D eigenvalue weighted by Gasteiger charge is -2.37. The summed E-state index contributed by atoms with van der Waals surface area (Å²) in [6.07, 6.45) is 0. The molecule has 1 N–H and O–H groups in total. The van der Waals surface area contributed by atoms with E-state index in [0.717, 1.165) is 5.56 Å². The minimum Gasteiger partial charge on any atom is -0.345 e. The van der Waals surface area contributed by atoms with Crippen LogP contribution in [0.3, 0.4) is 0 Å². The van der Waals surface area contributed by atoms with E-state index in [1.54, 1.807) is 19.1 Å². The molecule has 19 heavy (non-hydrogen) atoms. The third kappa shape index (κ3) is 2.45. The van der Waals surface area contributed by atoms with Crippen LogP contribution in [0.4, 0.5) is 10.1 Å². The van der Waals surface area contributed by atoms with Gasteiger partial charge in [0.15, 0.2) is 0 Å². The van der Waals surface area contributed by atoms with Crippen molar-refractivity contribution in [1.82, 2.24) is 5.32 Å². The number of amides is 2. The fourth-order valence-electron chi connectivity index (χ4n) is 2.32. The van der Waals surface area contributed by atoms with Gasteiger partial charge in [-0.1, -0.05) is 19.9 Å². The average molecular weight is 264 g/mol. The van der Waals surface area contributed by atoms with Crippen molar-refractivity contribution >= 4 is 17.5 Å². The van der Waals surface area contributed by atoms with E-state index in [1.807, 2.05) is 13.8 Å². The van der Waals surface area contributed by atoms with Crippen LogP contribution in [0.1, 0.15) is 19.4 Å².